The number of carbonyl (C=O) groups excluding carboxylic acids is 3. The maximum absolute atomic E-state index is 13.4. The summed E-state index contributed by atoms with van der Waals surface area (Å²) in [6.45, 7) is 4.20. The molecule has 1 aliphatic rings. The van der Waals surface area contributed by atoms with Crippen molar-refractivity contribution in [3.63, 3.8) is 0 Å². The first kappa shape index (κ1) is 24.8. The summed E-state index contributed by atoms with van der Waals surface area (Å²) in [6.07, 6.45) is 1.44. The number of fused-ring (bicyclic) bond motifs is 1. The van der Waals surface area contributed by atoms with Crippen LogP contribution >= 0.6 is 0 Å². The molecule has 0 spiro atoms. The molecule has 1 aliphatic heterocycles. The smallest absolute Gasteiger partial charge is 0.335 e. The van der Waals surface area contributed by atoms with Crippen molar-refractivity contribution in [2.24, 2.45) is 0 Å². The summed E-state index contributed by atoms with van der Waals surface area (Å²) >= 11 is 0. The van der Waals surface area contributed by atoms with Gasteiger partial charge >= 0.3 is 6.03 Å². The third-order valence-electron chi connectivity index (χ3n) is 6.56. The van der Waals surface area contributed by atoms with E-state index < -0.39 is 17.8 Å². The molecule has 7 heteroatoms. The number of urea groups is 1. The molecule has 190 valence electrons. The van der Waals surface area contributed by atoms with Gasteiger partial charge in [0.2, 0.25) is 0 Å². The van der Waals surface area contributed by atoms with Crippen LogP contribution in [0.3, 0.4) is 0 Å². The minimum atomic E-state index is -0.793. The van der Waals surface area contributed by atoms with Gasteiger partial charge in [-0.2, -0.15) is 0 Å². The van der Waals surface area contributed by atoms with Crippen LogP contribution in [0.15, 0.2) is 84.4 Å². The maximum atomic E-state index is 13.4. The molecular formula is C31H26N2O5. The number of hydrogen-bond donors (Lipinski definition) is 1. The SMILES string of the molecule is COc1ccc(/C=C2\C(=O)NC(=O)N(c3ccc(C)cc3)C2=O)c(OCc2c(C)ccc3ccccc23)c1. The average molecular weight is 507 g/mol. The van der Waals surface area contributed by atoms with Gasteiger partial charge in [0.15, 0.2) is 0 Å². The summed E-state index contributed by atoms with van der Waals surface area (Å²) in [5.74, 6) is -0.486. The van der Waals surface area contributed by atoms with Crippen molar-refractivity contribution in [3.8, 4) is 11.5 Å². The summed E-state index contributed by atoms with van der Waals surface area (Å²) in [5, 5.41) is 4.46. The van der Waals surface area contributed by atoms with Crippen LogP contribution < -0.4 is 19.7 Å². The van der Waals surface area contributed by atoms with Gasteiger partial charge in [0.1, 0.15) is 23.7 Å². The van der Waals surface area contributed by atoms with Gasteiger partial charge in [-0.3, -0.25) is 14.9 Å². The first-order valence-electron chi connectivity index (χ1n) is 12.1. The van der Waals surface area contributed by atoms with Crippen molar-refractivity contribution in [3.05, 3.63) is 107 Å². The van der Waals surface area contributed by atoms with Crippen molar-refractivity contribution in [2.45, 2.75) is 20.5 Å². The van der Waals surface area contributed by atoms with Crippen LogP contribution in [0.1, 0.15) is 22.3 Å². The van der Waals surface area contributed by atoms with Gasteiger partial charge in [-0.1, -0.05) is 54.1 Å². The van der Waals surface area contributed by atoms with Gasteiger partial charge in [-0.15, -0.1) is 0 Å². The fraction of sp³-hybridized carbons (Fsp3) is 0.129. The summed E-state index contributed by atoms with van der Waals surface area (Å²) in [7, 11) is 1.55. The van der Waals surface area contributed by atoms with E-state index in [0.29, 0.717) is 22.7 Å². The normalized spacial score (nSPS) is 14.7. The molecule has 1 fully saturated rings. The van der Waals surface area contributed by atoms with E-state index in [1.807, 2.05) is 32.0 Å². The van der Waals surface area contributed by atoms with Crippen LogP contribution in [0.5, 0.6) is 11.5 Å². The Morgan fingerprint density at radius 1 is 0.895 bits per heavy atom. The maximum Gasteiger partial charge on any atom is 0.335 e. The topological polar surface area (TPSA) is 84.9 Å². The molecule has 1 heterocycles. The highest BCUT2D eigenvalue weighted by Crippen LogP contribution is 2.31. The van der Waals surface area contributed by atoms with Crippen molar-refractivity contribution in [1.29, 1.82) is 0 Å². The van der Waals surface area contributed by atoms with E-state index >= 15 is 0 Å². The molecule has 0 aliphatic carbocycles. The second kappa shape index (κ2) is 10.2. The minimum absolute atomic E-state index is 0.179. The number of methoxy groups -OCH3 is 1. The molecule has 0 atom stereocenters. The van der Waals surface area contributed by atoms with E-state index in [1.54, 1.807) is 49.6 Å². The largest absolute Gasteiger partial charge is 0.497 e. The number of hydrogen-bond acceptors (Lipinski definition) is 5. The first-order valence-corrected chi connectivity index (χ1v) is 12.1. The quantitative estimate of drug-likeness (QED) is 0.267. The van der Waals surface area contributed by atoms with Crippen molar-refractivity contribution in [2.75, 3.05) is 12.0 Å². The van der Waals surface area contributed by atoms with Gasteiger partial charge < -0.3 is 9.47 Å². The van der Waals surface area contributed by atoms with E-state index in [0.717, 1.165) is 32.4 Å². The molecule has 38 heavy (non-hydrogen) atoms. The summed E-state index contributed by atoms with van der Waals surface area (Å²) < 4.78 is 11.7. The molecule has 0 unspecified atom stereocenters. The standard InChI is InChI=1S/C31H26N2O5/c1-19-8-13-23(14-9-19)33-30(35)26(29(34)32-31(33)36)16-22-12-15-24(37-3)17-28(22)38-18-27-20(2)10-11-21-6-4-5-7-25(21)27/h4-17H,18H2,1-3H3,(H,32,34,36)/b26-16+. The van der Waals surface area contributed by atoms with E-state index in [-0.39, 0.29) is 12.2 Å². The van der Waals surface area contributed by atoms with Crippen LogP contribution in [0.4, 0.5) is 10.5 Å². The Bertz CT molecular complexity index is 1600. The van der Waals surface area contributed by atoms with Gasteiger partial charge in [0, 0.05) is 17.2 Å². The second-order valence-electron chi connectivity index (χ2n) is 9.07. The Labute approximate surface area is 220 Å². The zero-order valence-corrected chi connectivity index (χ0v) is 21.3. The monoisotopic (exact) mass is 506 g/mol. The summed E-state index contributed by atoms with van der Waals surface area (Å²) in [5.41, 5.74) is 3.79. The molecule has 4 amide bonds. The zero-order valence-electron chi connectivity index (χ0n) is 21.3. The Kier molecular flexibility index (Phi) is 6.66. The predicted octanol–water partition coefficient (Wildman–Crippen LogP) is 5.71. The molecule has 5 rings (SSSR count). The van der Waals surface area contributed by atoms with Crippen molar-refractivity contribution in [1.82, 2.24) is 5.32 Å². The number of nitrogens with one attached hydrogen (secondary N) is 1. The summed E-state index contributed by atoms with van der Waals surface area (Å²) in [6, 6.07) is 23.5. The number of nitrogens with zero attached hydrogens (tertiary/aromatic N) is 1. The Morgan fingerprint density at radius 2 is 1.66 bits per heavy atom. The fourth-order valence-electron chi connectivity index (χ4n) is 4.41. The first-order chi connectivity index (χ1) is 18.4. The highest BCUT2D eigenvalue weighted by molar-refractivity contribution is 6.39. The number of rotatable bonds is 6. The van der Waals surface area contributed by atoms with Crippen LogP contribution in [-0.4, -0.2) is 25.0 Å². The Hall–Kier alpha value is -4.91. The molecule has 0 aromatic heterocycles. The Morgan fingerprint density at radius 3 is 2.42 bits per heavy atom. The Balaban J connectivity index is 1.51. The molecule has 0 radical (unpaired) electrons. The lowest BCUT2D eigenvalue weighted by atomic mass is 10.0. The number of imide groups is 2. The lowest BCUT2D eigenvalue weighted by Crippen LogP contribution is -2.54. The van der Waals surface area contributed by atoms with Gasteiger partial charge in [-0.25, -0.2) is 9.69 Å². The van der Waals surface area contributed by atoms with E-state index in [9.17, 15) is 14.4 Å². The number of benzene rings is 4. The number of amides is 4. The predicted molar refractivity (Wildman–Crippen MR) is 146 cm³/mol. The van der Waals surface area contributed by atoms with E-state index in [2.05, 4.69) is 23.5 Å². The van der Waals surface area contributed by atoms with Gasteiger partial charge in [-0.05, 0) is 60.5 Å². The average Bonchev–Trinajstić information content (AvgIpc) is 2.91. The number of aryl methyl sites for hydroxylation is 2. The second-order valence-corrected chi connectivity index (χ2v) is 9.07. The number of carbonyl (C=O) groups is 3. The van der Waals surface area contributed by atoms with E-state index in [4.69, 9.17) is 9.47 Å². The molecule has 0 bridgehead atoms. The number of anilines is 1. The van der Waals surface area contributed by atoms with Crippen LogP contribution in [0.25, 0.3) is 16.8 Å². The molecular weight excluding hydrogens is 480 g/mol. The third-order valence-corrected chi connectivity index (χ3v) is 6.56. The lowest BCUT2D eigenvalue weighted by molar-refractivity contribution is -0.122. The molecule has 0 saturated carbocycles. The zero-order chi connectivity index (χ0) is 26.8. The fourth-order valence-corrected chi connectivity index (χ4v) is 4.41. The highest BCUT2D eigenvalue weighted by atomic mass is 16.5. The third kappa shape index (κ3) is 4.74. The molecule has 1 saturated heterocycles. The van der Waals surface area contributed by atoms with Gasteiger partial charge in [0.25, 0.3) is 11.8 Å². The van der Waals surface area contributed by atoms with Crippen molar-refractivity contribution < 1.29 is 23.9 Å². The van der Waals surface area contributed by atoms with E-state index in [1.165, 1.54) is 6.08 Å². The van der Waals surface area contributed by atoms with Gasteiger partial charge in [0.05, 0.1) is 12.8 Å². The van der Waals surface area contributed by atoms with Crippen LogP contribution in [0, 0.1) is 13.8 Å². The summed E-state index contributed by atoms with van der Waals surface area (Å²) in [4.78, 5) is 39.6. The minimum Gasteiger partial charge on any atom is -0.497 e. The molecule has 4 aromatic rings. The van der Waals surface area contributed by atoms with Crippen LogP contribution in [-0.2, 0) is 16.2 Å². The molecule has 7 nitrogen and oxygen atoms in total. The number of ether oxygens (including phenoxy) is 2. The lowest BCUT2D eigenvalue weighted by Gasteiger charge is -2.26. The highest BCUT2D eigenvalue weighted by Gasteiger charge is 2.37. The molecule has 1 N–H and O–H groups in total. The van der Waals surface area contributed by atoms with Crippen LogP contribution in [0.2, 0.25) is 0 Å². The molecule has 4 aromatic carbocycles. The van der Waals surface area contributed by atoms with Crippen molar-refractivity contribution >= 4 is 40.4 Å². The number of barbiturate groups is 1.